The third-order valence-corrected chi connectivity index (χ3v) is 4.85. The first-order valence-electron chi connectivity index (χ1n) is 9.21. The van der Waals surface area contributed by atoms with Gasteiger partial charge in [-0.15, -0.1) is 0 Å². The van der Waals surface area contributed by atoms with Crippen molar-refractivity contribution >= 4 is 29.4 Å². The van der Waals surface area contributed by atoms with Gasteiger partial charge in [-0.25, -0.2) is 9.59 Å². The highest BCUT2D eigenvalue weighted by atomic mass is 16.4. The molecule has 1 aromatic rings. The quantitative estimate of drug-likeness (QED) is 0.693. The van der Waals surface area contributed by atoms with Crippen LogP contribution in [0, 0.1) is 5.92 Å². The van der Waals surface area contributed by atoms with E-state index in [9.17, 15) is 9.59 Å². The molecule has 0 saturated carbocycles. The highest BCUT2D eigenvalue weighted by Gasteiger charge is 2.26. The van der Waals surface area contributed by atoms with Gasteiger partial charge in [-0.1, -0.05) is 12.2 Å². The molecule has 0 radical (unpaired) electrons. The van der Waals surface area contributed by atoms with Gasteiger partial charge in [0.05, 0.1) is 17.1 Å². The van der Waals surface area contributed by atoms with Crippen molar-refractivity contribution in [3.8, 4) is 0 Å². The highest BCUT2D eigenvalue weighted by molar-refractivity contribution is 6.12. The molecular formula is C21H23N3O4. The van der Waals surface area contributed by atoms with E-state index in [1.165, 1.54) is 28.2 Å². The smallest absolute Gasteiger partial charge is 0.328 e. The van der Waals surface area contributed by atoms with Crippen LogP contribution in [-0.4, -0.2) is 39.5 Å². The van der Waals surface area contributed by atoms with Crippen molar-refractivity contribution in [2.75, 3.05) is 6.54 Å². The number of carboxylic acids is 2. The van der Waals surface area contributed by atoms with Crippen molar-refractivity contribution in [1.29, 1.82) is 0 Å². The first kappa shape index (κ1) is 19.6. The van der Waals surface area contributed by atoms with Crippen LogP contribution in [0.1, 0.15) is 30.5 Å². The van der Waals surface area contributed by atoms with Gasteiger partial charge in [0, 0.05) is 36.1 Å². The molecule has 7 nitrogen and oxygen atoms in total. The zero-order valence-electron chi connectivity index (χ0n) is 15.4. The molecule has 2 aliphatic carbocycles. The zero-order chi connectivity index (χ0) is 20.1. The maximum atomic E-state index is 9.55. The van der Waals surface area contributed by atoms with Crippen LogP contribution in [0.15, 0.2) is 53.3 Å². The Balaban J connectivity index is 0.000000242. The fourth-order valence-corrected chi connectivity index (χ4v) is 3.66. The summed E-state index contributed by atoms with van der Waals surface area (Å²) >= 11 is 0. The normalized spacial score (nSPS) is 19.3. The van der Waals surface area contributed by atoms with Gasteiger partial charge in [-0.3, -0.25) is 4.99 Å². The SMILES string of the molecule is NCCC1CC=CC2=C1N=CC1=CCCc3ccn2c31.O=C(O)/C=C/C(=O)O. The summed E-state index contributed by atoms with van der Waals surface area (Å²) in [5.74, 6) is -2.06. The lowest BCUT2D eigenvalue weighted by molar-refractivity contribution is -0.134. The van der Waals surface area contributed by atoms with Crippen LogP contribution in [0.4, 0.5) is 0 Å². The molecule has 1 unspecified atom stereocenters. The predicted molar refractivity (Wildman–Crippen MR) is 108 cm³/mol. The molecule has 28 heavy (non-hydrogen) atoms. The van der Waals surface area contributed by atoms with E-state index in [0.29, 0.717) is 18.1 Å². The van der Waals surface area contributed by atoms with Crippen molar-refractivity contribution in [3.05, 3.63) is 59.6 Å². The van der Waals surface area contributed by atoms with Gasteiger partial charge in [0.2, 0.25) is 0 Å². The number of aromatic nitrogens is 1. The average molecular weight is 381 g/mol. The molecule has 3 aliphatic rings. The Morgan fingerprint density at radius 2 is 2.04 bits per heavy atom. The van der Waals surface area contributed by atoms with Gasteiger partial charge in [0.25, 0.3) is 0 Å². The summed E-state index contributed by atoms with van der Waals surface area (Å²) in [6.45, 7) is 0.720. The van der Waals surface area contributed by atoms with Gasteiger partial charge in [0.1, 0.15) is 0 Å². The van der Waals surface area contributed by atoms with E-state index < -0.39 is 11.9 Å². The molecule has 0 fully saturated rings. The fourth-order valence-electron chi connectivity index (χ4n) is 3.66. The minimum absolute atomic E-state index is 0.454. The second-order valence-corrected chi connectivity index (χ2v) is 6.71. The summed E-state index contributed by atoms with van der Waals surface area (Å²) in [5, 5.41) is 15.6. The maximum Gasteiger partial charge on any atom is 0.328 e. The van der Waals surface area contributed by atoms with E-state index in [-0.39, 0.29) is 0 Å². The molecule has 0 amide bonds. The standard InChI is InChI=1S/C17H19N3.C4H4O4/c18-9-7-12-3-2-6-15-16(12)19-11-14-5-1-4-13-8-10-20(15)17(13)14;5-3(6)1-2-4(7)8/h2,5-6,8,10-12H,1,3-4,7,9,18H2;1-2H,(H,5,6)(H,7,8)/b;2-1+. The number of aryl methyl sites for hydroxylation is 1. The minimum Gasteiger partial charge on any atom is -0.478 e. The van der Waals surface area contributed by atoms with E-state index >= 15 is 0 Å². The minimum atomic E-state index is -1.26. The number of hydrogen-bond donors (Lipinski definition) is 3. The molecule has 1 aliphatic heterocycles. The third-order valence-electron chi connectivity index (χ3n) is 4.85. The van der Waals surface area contributed by atoms with Gasteiger partial charge < -0.3 is 20.5 Å². The fraction of sp³-hybridized carbons (Fsp3) is 0.286. The Bertz CT molecular complexity index is 915. The number of allylic oxidation sites excluding steroid dienone is 6. The van der Waals surface area contributed by atoms with Crippen LogP contribution in [0.25, 0.3) is 11.3 Å². The lowest BCUT2D eigenvalue weighted by Crippen LogP contribution is -2.14. The van der Waals surface area contributed by atoms with E-state index in [0.717, 1.165) is 32.2 Å². The van der Waals surface area contributed by atoms with Gasteiger partial charge in [-0.2, -0.15) is 0 Å². The number of hydrogen-bond acceptors (Lipinski definition) is 4. The van der Waals surface area contributed by atoms with Crippen molar-refractivity contribution in [2.45, 2.75) is 25.7 Å². The van der Waals surface area contributed by atoms with Crippen molar-refractivity contribution < 1.29 is 19.8 Å². The lowest BCUT2D eigenvalue weighted by Gasteiger charge is -2.22. The summed E-state index contributed by atoms with van der Waals surface area (Å²) in [6, 6.07) is 2.26. The molecular weight excluding hydrogens is 358 g/mol. The summed E-state index contributed by atoms with van der Waals surface area (Å²) in [7, 11) is 0. The Hall–Kier alpha value is -3.19. The number of fused-ring (bicyclic) bond motifs is 1. The van der Waals surface area contributed by atoms with Gasteiger partial charge in [-0.05, 0) is 49.9 Å². The topological polar surface area (TPSA) is 118 Å². The monoisotopic (exact) mass is 381 g/mol. The first-order chi connectivity index (χ1) is 13.5. The molecule has 1 atom stereocenters. The molecule has 7 heteroatoms. The molecule has 0 saturated heterocycles. The molecule has 2 heterocycles. The first-order valence-corrected chi connectivity index (χ1v) is 9.21. The van der Waals surface area contributed by atoms with E-state index in [4.69, 9.17) is 20.9 Å². The van der Waals surface area contributed by atoms with Gasteiger partial charge in [0.15, 0.2) is 0 Å². The molecule has 0 spiro atoms. The predicted octanol–water partition coefficient (Wildman–Crippen LogP) is 2.71. The Labute approximate surface area is 162 Å². The largest absolute Gasteiger partial charge is 0.478 e. The molecule has 146 valence electrons. The van der Waals surface area contributed by atoms with E-state index in [2.05, 4.69) is 41.3 Å². The third kappa shape index (κ3) is 4.20. The Kier molecular flexibility index (Phi) is 6.06. The van der Waals surface area contributed by atoms with E-state index in [1.807, 2.05) is 0 Å². The van der Waals surface area contributed by atoms with Crippen LogP contribution in [0.5, 0.6) is 0 Å². The Morgan fingerprint density at radius 1 is 1.29 bits per heavy atom. The van der Waals surface area contributed by atoms with Crippen LogP contribution in [0.3, 0.4) is 0 Å². The average Bonchev–Trinajstić information content (AvgIpc) is 3.03. The number of carbonyl (C=O) groups is 2. The number of rotatable bonds is 4. The highest BCUT2D eigenvalue weighted by Crippen LogP contribution is 2.38. The van der Waals surface area contributed by atoms with Crippen molar-refractivity contribution in [2.24, 2.45) is 16.6 Å². The summed E-state index contributed by atoms with van der Waals surface area (Å²) in [5.41, 5.74) is 12.2. The molecule has 4 rings (SSSR count). The molecule has 4 N–H and O–H groups in total. The number of nitrogens with two attached hydrogens (primary N) is 1. The van der Waals surface area contributed by atoms with Crippen LogP contribution in [0.2, 0.25) is 0 Å². The summed E-state index contributed by atoms with van der Waals surface area (Å²) in [4.78, 5) is 23.9. The second-order valence-electron chi connectivity index (χ2n) is 6.71. The lowest BCUT2D eigenvalue weighted by atomic mass is 9.92. The maximum absolute atomic E-state index is 9.55. The number of carboxylic acid groups (broad SMARTS) is 2. The Morgan fingerprint density at radius 3 is 2.71 bits per heavy atom. The second kappa shape index (κ2) is 8.67. The van der Waals surface area contributed by atoms with Crippen molar-refractivity contribution in [3.63, 3.8) is 0 Å². The van der Waals surface area contributed by atoms with Crippen molar-refractivity contribution in [1.82, 2.24) is 4.57 Å². The number of aliphatic imine (C=N–C) groups is 1. The van der Waals surface area contributed by atoms with Crippen LogP contribution in [-0.2, 0) is 16.0 Å². The molecule has 0 aromatic carbocycles. The van der Waals surface area contributed by atoms with E-state index in [1.54, 1.807) is 0 Å². The molecule has 0 bridgehead atoms. The van der Waals surface area contributed by atoms with Crippen LogP contribution < -0.4 is 5.73 Å². The number of nitrogens with zero attached hydrogens (tertiary/aromatic N) is 2. The van der Waals surface area contributed by atoms with Crippen LogP contribution >= 0.6 is 0 Å². The molecule has 1 aromatic heterocycles. The van der Waals surface area contributed by atoms with Gasteiger partial charge >= 0.3 is 11.9 Å². The summed E-state index contributed by atoms with van der Waals surface area (Å²) in [6.07, 6.45) is 16.5. The number of aliphatic carboxylic acids is 2. The zero-order valence-corrected chi connectivity index (χ0v) is 15.4. The summed E-state index contributed by atoms with van der Waals surface area (Å²) < 4.78 is 2.32.